The lowest BCUT2D eigenvalue weighted by Gasteiger charge is -2.37. The van der Waals surface area contributed by atoms with Crippen molar-refractivity contribution in [2.75, 3.05) is 11.4 Å². The molecule has 1 fully saturated rings. The van der Waals surface area contributed by atoms with Crippen LogP contribution in [0.25, 0.3) is 0 Å². The van der Waals surface area contributed by atoms with Crippen LogP contribution in [0.3, 0.4) is 0 Å². The molecule has 19 heavy (non-hydrogen) atoms. The molecule has 2 rings (SSSR count). The van der Waals surface area contributed by atoms with Gasteiger partial charge in [0.25, 0.3) is 0 Å². The Bertz CT molecular complexity index is 499. The Hall–Kier alpha value is -1.03. The van der Waals surface area contributed by atoms with Crippen LogP contribution in [0.4, 0.5) is 5.69 Å². The minimum absolute atomic E-state index is 0.112. The second kappa shape index (κ2) is 5.16. The lowest BCUT2D eigenvalue weighted by molar-refractivity contribution is -0.138. The minimum Gasteiger partial charge on any atom is -0.481 e. The van der Waals surface area contributed by atoms with Gasteiger partial charge in [0.2, 0.25) is 0 Å². The largest absolute Gasteiger partial charge is 0.481 e. The maximum atomic E-state index is 11.0. The van der Waals surface area contributed by atoms with E-state index in [0.29, 0.717) is 0 Å². The molecule has 0 saturated carbocycles. The van der Waals surface area contributed by atoms with Gasteiger partial charge >= 0.3 is 5.97 Å². The van der Waals surface area contributed by atoms with E-state index in [1.54, 1.807) is 0 Å². The molecule has 0 bridgehead atoms. The van der Waals surface area contributed by atoms with Crippen LogP contribution < -0.4 is 4.90 Å². The molecule has 0 aliphatic carbocycles. The van der Waals surface area contributed by atoms with Gasteiger partial charge in [-0.2, -0.15) is 0 Å². The van der Waals surface area contributed by atoms with Crippen molar-refractivity contribution in [2.24, 2.45) is 5.92 Å². The number of nitrogens with zero attached hydrogens (tertiary/aromatic N) is 1. The summed E-state index contributed by atoms with van der Waals surface area (Å²) in [5.74, 6) is -0.499. The van der Waals surface area contributed by atoms with Crippen molar-refractivity contribution in [3.05, 3.63) is 28.2 Å². The average Bonchev–Trinajstić information content (AvgIpc) is 2.58. The summed E-state index contributed by atoms with van der Waals surface area (Å²) in [4.78, 5) is 13.3. The third-order valence-electron chi connectivity index (χ3n) is 4.27. The molecule has 0 radical (unpaired) electrons. The van der Waals surface area contributed by atoms with Crippen LogP contribution in [0.2, 0.25) is 0 Å². The predicted molar refractivity (Wildman–Crippen MR) is 80.7 cm³/mol. The summed E-state index contributed by atoms with van der Waals surface area (Å²) in [6, 6.07) is 6.32. The molecule has 1 saturated heterocycles. The van der Waals surface area contributed by atoms with Crippen molar-refractivity contribution < 1.29 is 9.90 Å². The summed E-state index contributed by atoms with van der Waals surface area (Å²) in [5.41, 5.74) is 2.27. The normalized spacial score (nSPS) is 21.7. The van der Waals surface area contributed by atoms with Crippen LogP contribution in [0, 0.1) is 12.8 Å². The third-order valence-corrected chi connectivity index (χ3v) is 5.16. The first-order valence-electron chi connectivity index (χ1n) is 6.58. The Morgan fingerprint density at radius 1 is 1.53 bits per heavy atom. The van der Waals surface area contributed by atoms with Gasteiger partial charge < -0.3 is 10.0 Å². The number of carboxylic acids is 1. The molecule has 3 nitrogen and oxygen atoms in total. The quantitative estimate of drug-likeness (QED) is 0.917. The second-order valence-corrected chi connectivity index (χ2v) is 6.68. The van der Waals surface area contributed by atoms with Gasteiger partial charge in [-0.25, -0.2) is 0 Å². The zero-order chi connectivity index (χ0) is 14.2. The van der Waals surface area contributed by atoms with Crippen molar-refractivity contribution >= 4 is 27.6 Å². The number of hydrogen-bond acceptors (Lipinski definition) is 2. The fourth-order valence-corrected chi connectivity index (χ4v) is 3.21. The van der Waals surface area contributed by atoms with E-state index >= 15 is 0 Å². The molecule has 1 atom stereocenters. The molecule has 0 amide bonds. The SMILES string of the molecule is Cc1cc(N2CCC(CC(=O)O)C2(C)C)ccc1Br. The molecule has 1 heterocycles. The van der Waals surface area contributed by atoms with Crippen LogP contribution in [0.1, 0.15) is 32.3 Å². The number of aliphatic carboxylic acids is 1. The zero-order valence-corrected chi connectivity index (χ0v) is 13.2. The average molecular weight is 326 g/mol. The lowest BCUT2D eigenvalue weighted by atomic mass is 9.85. The van der Waals surface area contributed by atoms with Crippen molar-refractivity contribution in [1.82, 2.24) is 0 Å². The standard InChI is InChI=1S/C15H20BrNO2/c1-10-8-12(4-5-13(10)16)17-7-6-11(9-14(18)19)15(17,2)3/h4-5,8,11H,6-7,9H2,1-3H3,(H,18,19). The van der Waals surface area contributed by atoms with Crippen molar-refractivity contribution in [3.63, 3.8) is 0 Å². The Kier molecular flexibility index (Phi) is 3.90. The summed E-state index contributed by atoms with van der Waals surface area (Å²) in [7, 11) is 0. The molecule has 1 aliphatic rings. The van der Waals surface area contributed by atoms with Gasteiger partial charge in [-0.1, -0.05) is 15.9 Å². The van der Waals surface area contributed by atoms with E-state index in [1.807, 2.05) is 0 Å². The van der Waals surface area contributed by atoms with Crippen LogP contribution in [-0.4, -0.2) is 23.2 Å². The summed E-state index contributed by atoms with van der Waals surface area (Å²) in [6.07, 6.45) is 1.19. The van der Waals surface area contributed by atoms with E-state index < -0.39 is 5.97 Å². The highest BCUT2D eigenvalue weighted by atomic mass is 79.9. The van der Waals surface area contributed by atoms with Crippen molar-refractivity contribution in [3.8, 4) is 0 Å². The van der Waals surface area contributed by atoms with Crippen molar-refractivity contribution in [1.29, 1.82) is 0 Å². The summed E-state index contributed by atoms with van der Waals surface area (Å²) < 4.78 is 1.11. The molecular formula is C15H20BrNO2. The van der Waals surface area contributed by atoms with Gasteiger partial charge in [-0.05, 0) is 56.9 Å². The Morgan fingerprint density at radius 3 is 2.79 bits per heavy atom. The van der Waals surface area contributed by atoms with E-state index in [1.165, 1.54) is 11.3 Å². The maximum absolute atomic E-state index is 11.0. The predicted octanol–water partition coefficient (Wildman–Crippen LogP) is 3.84. The van der Waals surface area contributed by atoms with Gasteiger partial charge in [0.1, 0.15) is 0 Å². The Morgan fingerprint density at radius 2 is 2.21 bits per heavy atom. The fourth-order valence-electron chi connectivity index (χ4n) is 2.97. The number of benzene rings is 1. The van der Waals surface area contributed by atoms with Crippen LogP contribution in [0.15, 0.2) is 22.7 Å². The molecule has 1 N–H and O–H groups in total. The summed E-state index contributed by atoms with van der Waals surface area (Å²) in [5, 5.41) is 9.02. The first kappa shape index (κ1) is 14.4. The number of carbonyl (C=O) groups is 1. The molecule has 1 aliphatic heterocycles. The number of anilines is 1. The third kappa shape index (κ3) is 2.78. The van der Waals surface area contributed by atoms with Crippen LogP contribution in [0.5, 0.6) is 0 Å². The first-order chi connectivity index (χ1) is 8.82. The fraction of sp³-hybridized carbons (Fsp3) is 0.533. The van der Waals surface area contributed by atoms with Crippen molar-refractivity contribution in [2.45, 2.75) is 39.2 Å². The number of halogens is 1. The van der Waals surface area contributed by atoms with Gasteiger partial charge in [0, 0.05) is 22.2 Å². The van der Waals surface area contributed by atoms with E-state index in [4.69, 9.17) is 5.11 Å². The molecular weight excluding hydrogens is 306 g/mol. The van der Waals surface area contributed by atoms with E-state index in [0.717, 1.165) is 17.4 Å². The first-order valence-corrected chi connectivity index (χ1v) is 7.37. The lowest BCUT2D eigenvalue weighted by Crippen LogP contribution is -2.43. The highest BCUT2D eigenvalue weighted by molar-refractivity contribution is 9.10. The molecule has 4 heteroatoms. The molecule has 1 aromatic carbocycles. The smallest absolute Gasteiger partial charge is 0.303 e. The summed E-state index contributed by atoms with van der Waals surface area (Å²) in [6.45, 7) is 7.29. The van der Waals surface area contributed by atoms with Gasteiger partial charge in [0.15, 0.2) is 0 Å². The molecule has 1 unspecified atom stereocenters. The van der Waals surface area contributed by atoms with E-state index in [2.05, 4.69) is 59.8 Å². The number of rotatable bonds is 3. The number of aryl methyl sites for hydroxylation is 1. The van der Waals surface area contributed by atoms with Crippen LogP contribution in [-0.2, 0) is 4.79 Å². The van der Waals surface area contributed by atoms with E-state index in [-0.39, 0.29) is 17.9 Å². The minimum atomic E-state index is -0.702. The molecule has 0 aromatic heterocycles. The van der Waals surface area contributed by atoms with Gasteiger partial charge in [-0.15, -0.1) is 0 Å². The highest BCUT2D eigenvalue weighted by Crippen LogP contribution is 2.40. The molecule has 1 aromatic rings. The zero-order valence-electron chi connectivity index (χ0n) is 11.6. The molecule has 104 valence electrons. The monoisotopic (exact) mass is 325 g/mol. The number of hydrogen-bond donors (Lipinski definition) is 1. The second-order valence-electron chi connectivity index (χ2n) is 5.82. The topological polar surface area (TPSA) is 40.5 Å². The number of carboxylic acid groups (broad SMARTS) is 1. The van der Waals surface area contributed by atoms with Gasteiger partial charge in [0.05, 0.1) is 6.42 Å². The molecule has 0 spiro atoms. The maximum Gasteiger partial charge on any atom is 0.303 e. The Labute approximate surface area is 122 Å². The Balaban J connectivity index is 2.26. The van der Waals surface area contributed by atoms with Gasteiger partial charge in [-0.3, -0.25) is 4.79 Å². The van der Waals surface area contributed by atoms with Crippen LogP contribution >= 0.6 is 15.9 Å². The summed E-state index contributed by atoms with van der Waals surface area (Å²) >= 11 is 3.51. The highest BCUT2D eigenvalue weighted by Gasteiger charge is 2.42. The van der Waals surface area contributed by atoms with E-state index in [9.17, 15) is 4.79 Å².